The summed E-state index contributed by atoms with van der Waals surface area (Å²) in [6.45, 7) is 6.23. The van der Waals surface area contributed by atoms with Crippen LogP contribution >= 0.6 is 0 Å². The molecule has 0 bridgehead atoms. The summed E-state index contributed by atoms with van der Waals surface area (Å²) in [7, 11) is 0. The molecule has 10 nitrogen and oxygen atoms in total. The topological polar surface area (TPSA) is 103 Å². The largest absolute Gasteiger partial charge is 0.552 e. The number of nitrogens with zero attached hydrogens (tertiary/aromatic N) is 5. The Bertz CT molecular complexity index is 512. The van der Waals surface area contributed by atoms with Crippen LogP contribution in [0.25, 0.3) is 5.32 Å². The SMILES string of the molecule is CCOC(=O)[N-]c1c[n+](N2CCN(C(=O)OCC)CC2)no1. The van der Waals surface area contributed by atoms with E-state index in [-0.39, 0.29) is 18.6 Å². The van der Waals surface area contributed by atoms with Crippen molar-refractivity contribution in [3.8, 4) is 0 Å². The molecular formula is C12H19N5O5. The minimum atomic E-state index is -0.724. The highest BCUT2D eigenvalue weighted by molar-refractivity contribution is 5.88. The minimum absolute atomic E-state index is 0.0614. The van der Waals surface area contributed by atoms with Gasteiger partial charge in [-0.3, -0.25) is 4.79 Å². The van der Waals surface area contributed by atoms with Crippen LogP contribution in [0.15, 0.2) is 10.7 Å². The van der Waals surface area contributed by atoms with E-state index in [4.69, 9.17) is 9.26 Å². The van der Waals surface area contributed by atoms with E-state index >= 15 is 0 Å². The number of carbonyl (C=O) groups is 2. The van der Waals surface area contributed by atoms with Crippen LogP contribution in [0.2, 0.25) is 0 Å². The van der Waals surface area contributed by atoms with Crippen molar-refractivity contribution < 1.29 is 28.4 Å². The van der Waals surface area contributed by atoms with Crippen molar-refractivity contribution in [1.29, 1.82) is 0 Å². The van der Waals surface area contributed by atoms with E-state index < -0.39 is 6.09 Å². The summed E-state index contributed by atoms with van der Waals surface area (Å²) < 4.78 is 14.6. The molecule has 2 amide bonds. The highest BCUT2D eigenvalue weighted by Gasteiger charge is 2.27. The van der Waals surface area contributed by atoms with Crippen LogP contribution in [-0.4, -0.2) is 61.8 Å². The molecule has 1 fully saturated rings. The Morgan fingerprint density at radius 3 is 2.59 bits per heavy atom. The van der Waals surface area contributed by atoms with Crippen LogP contribution in [0, 0.1) is 0 Å². The standard InChI is InChI=1S/C12H19N5O5/c1-3-20-11(18)13-10-9-17(14-22-10)16-7-5-15(6-8-16)12(19)21-4-2/h9H,3-8H2,1-2H3. The van der Waals surface area contributed by atoms with Crippen LogP contribution in [0.5, 0.6) is 0 Å². The van der Waals surface area contributed by atoms with Crippen LogP contribution < -0.4 is 9.80 Å². The number of amides is 2. The summed E-state index contributed by atoms with van der Waals surface area (Å²) in [5, 5.41) is 9.26. The van der Waals surface area contributed by atoms with Gasteiger partial charge in [-0.1, -0.05) is 0 Å². The Morgan fingerprint density at radius 1 is 1.27 bits per heavy atom. The van der Waals surface area contributed by atoms with Crippen molar-refractivity contribution in [3.63, 3.8) is 0 Å². The van der Waals surface area contributed by atoms with Gasteiger partial charge in [-0.2, -0.15) is 0 Å². The lowest BCUT2D eigenvalue weighted by atomic mass is 10.4. The first kappa shape index (κ1) is 15.9. The zero-order chi connectivity index (χ0) is 15.9. The van der Waals surface area contributed by atoms with Crippen molar-refractivity contribution in [2.24, 2.45) is 0 Å². The van der Waals surface area contributed by atoms with Gasteiger partial charge in [0.2, 0.25) is 11.4 Å². The van der Waals surface area contributed by atoms with Crippen LogP contribution in [0.3, 0.4) is 0 Å². The Kier molecular flexibility index (Phi) is 5.39. The number of piperazine rings is 1. The Balaban J connectivity index is 1.85. The molecule has 0 N–H and O–H groups in total. The van der Waals surface area contributed by atoms with Crippen LogP contribution in [-0.2, 0) is 9.47 Å². The molecule has 0 aliphatic carbocycles. The van der Waals surface area contributed by atoms with Gasteiger partial charge in [0.1, 0.15) is 5.88 Å². The van der Waals surface area contributed by atoms with Crippen molar-refractivity contribution in [2.45, 2.75) is 13.8 Å². The molecule has 122 valence electrons. The molecule has 0 radical (unpaired) electrons. The smallest absolute Gasteiger partial charge is 0.409 e. The zero-order valence-corrected chi connectivity index (χ0v) is 12.6. The van der Waals surface area contributed by atoms with Crippen molar-refractivity contribution in [2.75, 3.05) is 44.4 Å². The molecule has 1 aliphatic heterocycles. The summed E-state index contributed by atoms with van der Waals surface area (Å²) in [5.41, 5.74) is 0. The molecule has 2 rings (SSSR count). The normalized spacial score (nSPS) is 14.6. The van der Waals surface area contributed by atoms with Gasteiger partial charge < -0.3 is 24.2 Å². The highest BCUT2D eigenvalue weighted by atomic mass is 16.6. The molecule has 2 heterocycles. The molecule has 1 saturated heterocycles. The van der Waals surface area contributed by atoms with Gasteiger partial charge in [-0.05, 0) is 13.8 Å². The van der Waals surface area contributed by atoms with Gasteiger partial charge in [0, 0.05) is 13.1 Å². The predicted octanol–water partition coefficient (Wildman–Crippen LogP) is 0.534. The van der Waals surface area contributed by atoms with E-state index in [1.807, 2.05) is 5.01 Å². The molecule has 0 unspecified atom stereocenters. The van der Waals surface area contributed by atoms with Gasteiger partial charge in [-0.25, -0.2) is 4.79 Å². The summed E-state index contributed by atoms with van der Waals surface area (Å²) in [5.74, 6) is 0.0614. The van der Waals surface area contributed by atoms with Gasteiger partial charge in [0.15, 0.2) is 0 Å². The fraction of sp³-hybridized carbons (Fsp3) is 0.667. The third-order valence-electron chi connectivity index (χ3n) is 2.99. The molecule has 1 aromatic heterocycles. The Morgan fingerprint density at radius 2 is 1.95 bits per heavy atom. The quantitative estimate of drug-likeness (QED) is 0.747. The number of rotatable bonds is 4. The van der Waals surface area contributed by atoms with Crippen molar-refractivity contribution in [3.05, 3.63) is 11.5 Å². The number of ether oxygens (including phenoxy) is 2. The third-order valence-corrected chi connectivity index (χ3v) is 2.99. The van der Waals surface area contributed by atoms with E-state index in [0.29, 0.717) is 32.8 Å². The summed E-state index contributed by atoms with van der Waals surface area (Å²) >= 11 is 0. The summed E-state index contributed by atoms with van der Waals surface area (Å²) in [6.07, 6.45) is 0.444. The molecule has 1 aromatic rings. The molecule has 0 spiro atoms. The second kappa shape index (κ2) is 7.48. The number of aromatic nitrogens is 2. The van der Waals surface area contributed by atoms with E-state index in [9.17, 15) is 9.59 Å². The maximum absolute atomic E-state index is 11.6. The maximum Gasteiger partial charge on any atom is 0.409 e. The second-order valence-corrected chi connectivity index (χ2v) is 4.41. The average Bonchev–Trinajstić information content (AvgIpc) is 2.96. The molecule has 1 aliphatic rings. The van der Waals surface area contributed by atoms with Crippen molar-refractivity contribution >= 4 is 18.1 Å². The highest BCUT2D eigenvalue weighted by Crippen LogP contribution is 2.15. The van der Waals surface area contributed by atoms with E-state index in [1.165, 1.54) is 11.0 Å². The summed E-state index contributed by atoms with van der Waals surface area (Å²) in [4.78, 5) is 25.9. The van der Waals surface area contributed by atoms with Crippen molar-refractivity contribution in [1.82, 2.24) is 10.2 Å². The average molecular weight is 313 g/mol. The molecular weight excluding hydrogens is 294 g/mol. The summed E-state index contributed by atoms with van der Waals surface area (Å²) in [6, 6.07) is 0. The lowest BCUT2D eigenvalue weighted by Crippen LogP contribution is -2.65. The van der Waals surface area contributed by atoms with E-state index in [1.54, 1.807) is 18.7 Å². The van der Waals surface area contributed by atoms with Gasteiger partial charge in [-0.15, -0.1) is 5.01 Å². The second-order valence-electron chi connectivity index (χ2n) is 4.41. The Hall–Kier alpha value is -2.52. The zero-order valence-electron chi connectivity index (χ0n) is 12.6. The van der Waals surface area contributed by atoms with E-state index in [0.717, 1.165) is 0 Å². The molecule has 10 heteroatoms. The number of carbonyl (C=O) groups excluding carboxylic acids is 2. The lowest BCUT2D eigenvalue weighted by molar-refractivity contribution is -0.759. The minimum Gasteiger partial charge on any atom is -0.552 e. The predicted molar refractivity (Wildman–Crippen MR) is 73.3 cm³/mol. The lowest BCUT2D eigenvalue weighted by Gasteiger charge is -2.29. The third kappa shape index (κ3) is 3.99. The molecule has 0 saturated carbocycles. The monoisotopic (exact) mass is 313 g/mol. The van der Waals surface area contributed by atoms with Crippen LogP contribution in [0.4, 0.5) is 15.5 Å². The fourth-order valence-electron chi connectivity index (χ4n) is 1.96. The first-order valence-corrected chi connectivity index (χ1v) is 7.08. The fourth-order valence-corrected chi connectivity index (χ4v) is 1.96. The number of hydrogen-bond donors (Lipinski definition) is 0. The molecule has 0 atom stereocenters. The van der Waals surface area contributed by atoms with Gasteiger partial charge >= 0.3 is 6.09 Å². The Labute approximate surface area is 127 Å². The maximum atomic E-state index is 11.6. The van der Waals surface area contributed by atoms with Gasteiger partial charge in [0.25, 0.3) is 6.20 Å². The first-order chi connectivity index (χ1) is 10.6. The first-order valence-electron chi connectivity index (χ1n) is 7.08. The van der Waals surface area contributed by atoms with E-state index in [2.05, 4.69) is 15.3 Å². The van der Waals surface area contributed by atoms with Gasteiger partial charge in [0.05, 0.1) is 31.1 Å². The number of hydrogen-bond acceptors (Lipinski definition) is 7. The van der Waals surface area contributed by atoms with Crippen LogP contribution in [0.1, 0.15) is 13.8 Å². The molecule has 0 aromatic carbocycles. The molecule has 22 heavy (non-hydrogen) atoms.